The fourth-order valence-electron chi connectivity index (χ4n) is 3.01. The highest BCUT2D eigenvalue weighted by atomic mass is 79.9. The predicted octanol–water partition coefficient (Wildman–Crippen LogP) is 4.93. The van der Waals surface area contributed by atoms with Gasteiger partial charge >= 0.3 is 0 Å². The molecule has 1 aromatic heterocycles. The first-order valence-electron chi connectivity index (χ1n) is 7.45. The molecule has 2 N–H and O–H groups in total. The van der Waals surface area contributed by atoms with E-state index in [9.17, 15) is 4.39 Å². The Hall–Kier alpha value is -1.36. The van der Waals surface area contributed by atoms with Gasteiger partial charge < -0.3 is 5.73 Å². The van der Waals surface area contributed by atoms with Crippen molar-refractivity contribution in [3.8, 4) is 11.3 Å². The molecule has 1 saturated carbocycles. The quantitative estimate of drug-likeness (QED) is 0.779. The standard InChI is InChI=1S/C16H19BrFN3/c17-11-7-8-13(14(18)9-11)16-15(19)10-21(20-16)12-5-3-1-2-4-6-12/h7-10,12H,1-6,19H2. The maximum Gasteiger partial charge on any atom is 0.133 e. The number of rotatable bonds is 2. The van der Waals surface area contributed by atoms with Gasteiger partial charge in [-0.25, -0.2) is 4.39 Å². The number of halogens is 2. The summed E-state index contributed by atoms with van der Waals surface area (Å²) in [5.74, 6) is -0.304. The van der Waals surface area contributed by atoms with Crippen molar-refractivity contribution in [1.29, 1.82) is 0 Å². The molecule has 0 saturated heterocycles. The van der Waals surface area contributed by atoms with E-state index in [1.54, 1.807) is 6.07 Å². The molecule has 1 aliphatic rings. The second-order valence-electron chi connectivity index (χ2n) is 5.68. The molecule has 1 heterocycles. The number of aromatic nitrogens is 2. The number of nitrogen functional groups attached to an aromatic ring is 1. The summed E-state index contributed by atoms with van der Waals surface area (Å²) in [4.78, 5) is 0. The number of nitrogens with two attached hydrogens (primary N) is 1. The molecule has 0 bridgehead atoms. The zero-order chi connectivity index (χ0) is 14.8. The molecule has 21 heavy (non-hydrogen) atoms. The molecule has 1 aliphatic carbocycles. The van der Waals surface area contributed by atoms with Crippen LogP contribution in [-0.2, 0) is 0 Å². The Balaban J connectivity index is 1.93. The molecule has 1 fully saturated rings. The number of hydrogen-bond acceptors (Lipinski definition) is 2. The van der Waals surface area contributed by atoms with Gasteiger partial charge in [-0.15, -0.1) is 0 Å². The summed E-state index contributed by atoms with van der Waals surface area (Å²) in [7, 11) is 0. The van der Waals surface area contributed by atoms with Gasteiger partial charge in [-0.05, 0) is 31.0 Å². The van der Waals surface area contributed by atoms with Crippen LogP contribution in [0.15, 0.2) is 28.9 Å². The van der Waals surface area contributed by atoms with Crippen LogP contribution in [-0.4, -0.2) is 9.78 Å². The van der Waals surface area contributed by atoms with Gasteiger partial charge in [0.1, 0.15) is 11.5 Å². The molecule has 0 unspecified atom stereocenters. The van der Waals surface area contributed by atoms with Crippen LogP contribution >= 0.6 is 15.9 Å². The molecule has 112 valence electrons. The van der Waals surface area contributed by atoms with Crippen molar-refractivity contribution >= 4 is 21.6 Å². The third kappa shape index (κ3) is 3.12. The SMILES string of the molecule is Nc1cn(C2CCCCCC2)nc1-c1ccc(Br)cc1F. The van der Waals surface area contributed by atoms with E-state index < -0.39 is 0 Å². The van der Waals surface area contributed by atoms with Crippen LogP contribution in [0.5, 0.6) is 0 Å². The largest absolute Gasteiger partial charge is 0.396 e. The van der Waals surface area contributed by atoms with Gasteiger partial charge in [-0.1, -0.05) is 41.6 Å². The Morgan fingerprint density at radius 2 is 1.90 bits per heavy atom. The van der Waals surface area contributed by atoms with Crippen molar-refractivity contribution in [2.24, 2.45) is 0 Å². The molecule has 1 aromatic carbocycles. The van der Waals surface area contributed by atoms with E-state index in [0.717, 1.165) is 12.8 Å². The van der Waals surface area contributed by atoms with E-state index in [0.29, 0.717) is 27.5 Å². The predicted molar refractivity (Wildman–Crippen MR) is 86.5 cm³/mol. The van der Waals surface area contributed by atoms with Crippen molar-refractivity contribution in [2.45, 2.75) is 44.6 Å². The van der Waals surface area contributed by atoms with Crippen LogP contribution in [0.3, 0.4) is 0 Å². The Morgan fingerprint density at radius 1 is 1.19 bits per heavy atom. The third-order valence-electron chi connectivity index (χ3n) is 4.15. The molecule has 2 aromatic rings. The summed E-state index contributed by atoms with van der Waals surface area (Å²) >= 11 is 3.27. The molecule has 0 spiro atoms. The van der Waals surface area contributed by atoms with E-state index in [1.807, 2.05) is 16.9 Å². The molecule has 0 atom stereocenters. The minimum Gasteiger partial charge on any atom is -0.396 e. The highest BCUT2D eigenvalue weighted by Gasteiger charge is 2.19. The van der Waals surface area contributed by atoms with Gasteiger partial charge in [0, 0.05) is 16.2 Å². The number of benzene rings is 1. The maximum absolute atomic E-state index is 14.1. The van der Waals surface area contributed by atoms with E-state index in [1.165, 1.54) is 31.7 Å². The van der Waals surface area contributed by atoms with Gasteiger partial charge in [-0.3, -0.25) is 4.68 Å². The lowest BCUT2D eigenvalue weighted by Gasteiger charge is -2.14. The first-order valence-corrected chi connectivity index (χ1v) is 8.24. The Bertz CT molecular complexity index is 630. The van der Waals surface area contributed by atoms with E-state index >= 15 is 0 Å². The Morgan fingerprint density at radius 3 is 2.57 bits per heavy atom. The molecule has 0 aliphatic heterocycles. The van der Waals surface area contributed by atoms with Crippen molar-refractivity contribution in [3.63, 3.8) is 0 Å². The molecular formula is C16H19BrFN3. The van der Waals surface area contributed by atoms with Gasteiger partial charge in [0.25, 0.3) is 0 Å². The topological polar surface area (TPSA) is 43.8 Å². The van der Waals surface area contributed by atoms with Crippen molar-refractivity contribution < 1.29 is 4.39 Å². The monoisotopic (exact) mass is 351 g/mol. The van der Waals surface area contributed by atoms with Crippen LogP contribution in [0.2, 0.25) is 0 Å². The van der Waals surface area contributed by atoms with Crippen LogP contribution < -0.4 is 5.73 Å². The summed E-state index contributed by atoms with van der Waals surface area (Å²) in [5, 5.41) is 4.57. The first kappa shape index (κ1) is 14.6. The minimum atomic E-state index is -0.304. The van der Waals surface area contributed by atoms with E-state index in [-0.39, 0.29) is 5.82 Å². The lowest BCUT2D eigenvalue weighted by atomic mass is 10.1. The average molecular weight is 352 g/mol. The maximum atomic E-state index is 14.1. The fraction of sp³-hybridized carbons (Fsp3) is 0.438. The molecular weight excluding hydrogens is 333 g/mol. The van der Waals surface area contributed by atoms with Crippen molar-refractivity contribution in [2.75, 3.05) is 5.73 Å². The van der Waals surface area contributed by atoms with Gasteiger partial charge in [0.05, 0.1) is 11.7 Å². The third-order valence-corrected chi connectivity index (χ3v) is 4.64. The minimum absolute atomic E-state index is 0.304. The van der Waals surface area contributed by atoms with Crippen LogP contribution in [0.25, 0.3) is 11.3 Å². The first-order chi connectivity index (χ1) is 10.1. The highest BCUT2D eigenvalue weighted by molar-refractivity contribution is 9.10. The zero-order valence-electron chi connectivity index (χ0n) is 11.9. The van der Waals surface area contributed by atoms with Crippen LogP contribution in [0, 0.1) is 5.82 Å². The summed E-state index contributed by atoms with van der Waals surface area (Å²) in [5.41, 5.74) is 7.61. The Labute approximate surface area is 132 Å². The van der Waals surface area contributed by atoms with Gasteiger partial charge in [0.15, 0.2) is 0 Å². The highest BCUT2D eigenvalue weighted by Crippen LogP contribution is 2.32. The van der Waals surface area contributed by atoms with E-state index in [4.69, 9.17) is 5.73 Å². The van der Waals surface area contributed by atoms with Gasteiger partial charge in [0.2, 0.25) is 0 Å². The normalized spacial score (nSPS) is 16.9. The summed E-state index contributed by atoms with van der Waals surface area (Å²) < 4.78 is 16.8. The summed E-state index contributed by atoms with van der Waals surface area (Å²) in [6.45, 7) is 0. The van der Waals surface area contributed by atoms with Crippen LogP contribution in [0.1, 0.15) is 44.6 Å². The van der Waals surface area contributed by atoms with Crippen LogP contribution in [0.4, 0.5) is 10.1 Å². The molecule has 3 nitrogen and oxygen atoms in total. The molecule has 0 radical (unpaired) electrons. The van der Waals surface area contributed by atoms with E-state index in [2.05, 4.69) is 21.0 Å². The second kappa shape index (κ2) is 6.18. The second-order valence-corrected chi connectivity index (χ2v) is 6.60. The Kier molecular flexibility index (Phi) is 4.29. The molecule has 5 heteroatoms. The smallest absolute Gasteiger partial charge is 0.133 e. The van der Waals surface area contributed by atoms with Crippen molar-refractivity contribution in [1.82, 2.24) is 9.78 Å². The average Bonchev–Trinajstić information content (AvgIpc) is 2.67. The molecule has 0 amide bonds. The number of anilines is 1. The molecule has 3 rings (SSSR count). The number of hydrogen-bond donors (Lipinski definition) is 1. The zero-order valence-corrected chi connectivity index (χ0v) is 13.4. The lowest BCUT2D eigenvalue weighted by Crippen LogP contribution is -2.08. The van der Waals surface area contributed by atoms with Gasteiger partial charge in [-0.2, -0.15) is 5.10 Å². The lowest BCUT2D eigenvalue weighted by molar-refractivity contribution is 0.406. The fourth-order valence-corrected chi connectivity index (χ4v) is 3.34. The summed E-state index contributed by atoms with van der Waals surface area (Å²) in [6, 6.07) is 5.36. The summed E-state index contributed by atoms with van der Waals surface area (Å²) in [6.07, 6.45) is 9.15. The van der Waals surface area contributed by atoms with Crippen molar-refractivity contribution in [3.05, 3.63) is 34.7 Å². The number of nitrogens with zero attached hydrogens (tertiary/aromatic N) is 2.